The van der Waals surface area contributed by atoms with Crippen LogP contribution in [0.2, 0.25) is 0 Å². The first kappa shape index (κ1) is 18.6. The van der Waals surface area contributed by atoms with Crippen LogP contribution >= 0.6 is 0 Å². The van der Waals surface area contributed by atoms with Crippen molar-refractivity contribution in [2.24, 2.45) is 5.92 Å². The monoisotopic (exact) mass is 322 g/mol. The Morgan fingerprint density at radius 1 is 1.30 bits per heavy atom. The minimum Gasteiger partial charge on any atom is -0.464 e. The highest BCUT2D eigenvalue weighted by molar-refractivity contribution is 5.88. The molecule has 1 amide bonds. The van der Waals surface area contributed by atoms with E-state index in [0.29, 0.717) is 5.56 Å². The highest BCUT2D eigenvalue weighted by Crippen LogP contribution is 2.19. The summed E-state index contributed by atoms with van der Waals surface area (Å²) < 4.78 is 5.03. The van der Waals surface area contributed by atoms with Gasteiger partial charge in [0, 0.05) is 12.1 Å². The Bertz CT molecular complexity index is 583. The van der Waals surface area contributed by atoms with E-state index in [9.17, 15) is 19.7 Å². The molecule has 23 heavy (non-hydrogen) atoms. The first-order chi connectivity index (χ1) is 10.7. The van der Waals surface area contributed by atoms with E-state index in [1.54, 1.807) is 13.8 Å². The van der Waals surface area contributed by atoms with Crippen molar-refractivity contribution in [1.29, 1.82) is 0 Å². The first-order valence-corrected chi connectivity index (χ1v) is 7.42. The molecule has 0 aliphatic carbocycles. The predicted molar refractivity (Wildman–Crippen MR) is 84.8 cm³/mol. The number of nitrogens with zero attached hydrogens (tertiary/aromatic N) is 1. The number of nitrogens with one attached hydrogen (secondary N) is 1. The minimum atomic E-state index is -1.12. The van der Waals surface area contributed by atoms with Crippen LogP contribution in [-0.2, 0) is 20.7 Å². The van der Waals surface area contributed by atoms with Crippen molar-refractivity contribution in [3.8, 4) is 0 Å². The van der Waals surface area contributed by atoms with E-state index in [-0.39, 0.29) is 30.5 Å². The molecule has 0 aliphatic rings. The maximum atomic E-state index is 12.2. The molecule has 1 rings (SSSR count). The number of non-ortho nitro benzene ring substituents is 1. The topological polar surface area (TPSA) is 98.5 Å². The molecule has 0 heterocycles. The molecular formula is C16H22N2O5. The van der Waals surface area contributed by atoms with Gasteiger partial charge >= 0.3 is 5.97 Å². The summed E-state index contributed by atoms with van der Waals surface area (Å²) in [4.78, 5) is 34.4. The van der Waals surface area contributed by atoms with E-state index in [1.165, 1.54) is 24.3 Å². The molecule has 7 heteroatoms. The van der Waals surface area contributed by atoms with Gasteiger partial charge in [0.1, 0.15) is 5.54 Å². The van der Waals surface area contributed by atoms with Gasteiger partial charge in [-0.15, -0.1) is 0 Å². The number of rotatable bonds is 7. The maximum Gasteiger partial charge on any atom is 0.331 e. The molecule has 0 radical (unpaired) electrons. The average molecular weight is 322 g/mol. The molecule has 0 saturated heterocycles. The highest BCUT2D eigenvalue weighted by Gasteiger charge is 2.39. The van der Waals surface area contributed by atoms with Gasteiger partial charge < -0.3 is 10.1 Å². The van der Waals surface area contributed by atoms with Gasteiger partial charge in [0.15, 0.2) is 0 Å². The van der Waals surface area contributed by atoms with Gasteiger partial charge in [-0.2, -0.15) is 0 Å². The number of carbonyl (C=O) groups is 2. The number of hydrogen-bond donors (Lipinski definition) is 1. The number of esters is 1. The molecule has 7 nitrogen and oxygen atoms in total. The SMILES string of the molecule is CCOC(=O)[C@@](C)(NC(=O)Cc1ccc([N+](=O)[O-])cc1)C(C)C. The van der Waals surface area contributed by atoms with Gasteiger partial charge in [0.05, 0.1) is 18.0 Å². The molecule has 126 valence electrons. The number of nitro groups is 1. The summed E-state index contributed by atoms with van der Waals surface area (Å²) in [5, 5.41) is 13.3. The van der Waals surface area contributed by atoms with Crippen molar-refractivity contribution < 1.29 is 19.2 Å². The third-order valence-corrected chi connectivity index (χ3v) is 3.77. The fraction of sp³-hybridized carbons (Fsp3) is 0.500. The van der Waals surface area contributed by atoms with E-state index in [0.717, 1.165) is 0 Å². The summed E-state index contributed by atoms with van der Waals surface area (Å²) in [5.74, 6) is -0.975. The van der Waals surface area contributed by atoms with Gasteiger partial charge in [-0.1, -0.05) is 26.0 Å². The molecule has 0 saturated carbocycles. The van der Waals surface area contributed by atoms with Crippen LogP contribution in [0.1, 0.15) is 33.3 Å². The number of ether oxygens (including phenoxy) is 1. The zero-order valence-corrected chi connectivity index (χ0v) is 13.8. The van der Waals surface area contributed by atoms with E-state index in [2.05, 4.69) is 5.32 Å². The molecule has 1 N–H and O–H groups in total. The summed E-state index contributed by atoms with van der Waals surface area (Å²) in [6.45, 7) is 7.21. The zero-order chi connectivity index (χ0) is 17.6. The van der Waals surface area contributed by atoms with Crippen LogP contribution in [0.25, 0.3) is 0 Å². The Hall–Kier alpha value is -2.44. The Balaban J connectivity index is 2.80. The van der Waals surface area contributed by atoms with Crippen molar-refractivity contribution in [3.05, 3.63) is 39.9 Å². The van der Waals surface area contributed by atoms with E-state index >= 15 is 0 Å². The second-order valence-electron chi connectivity index (χ2n) is 5.73. The average Bonchev–Trinajstić information content (AvgIpc) is 2.47. The van der Waals surface area contributed by atoms with E-state index in [4.69, 9.17) is 4.74 Å². The van der Waals surface area contributed by atoms with Crippen LogP contribution < -0.4 is 5.32 Å². The van der Waals surface area contributed by atoms with Crippen molar-refractivity contribution in [1.82, 2.24) is 5.32 Å². The number of nitro benzene ring substituents is 1. The highest BCUT2D eigenvalue weighted by atomic mass is 16.6. The van der Waals surface area contributed by atoms with Crippen molar-refractivity contribution in [3.63, 3.8) is 0 Å². The second-order valence-corrected chi connectivity index (χ2v) is 5.73. The predicted octanol–water partition coefficient (Wildman–Crippen LogP) is 2.23. The maximum absolute atomic E-state index is 12.2. The van der Waals surface area contributed by atoms with Crippen molar-refractivity contribution in [2.75, 3.05) is 6.61 Å². The number of carbonyl (C=O) groups excluding carboxylic acids is 2. The van der Waals surface area contributed by atoms with Crippen LogP contribution in [0.4, 0.5) is 5.69 Å². The Labute approximate surface area is 135 Å². The largest absolute Gasteiger partial charge is 0.464 e. The van der Waals surface area contributed by atoms with Crippen LogP contribution in [-0.4, -0.2) is 28.9 Å². The van der Waals surface area contributed by atoms with Gasteiger partial charge in [0.25, 0.3) is 5.69 Å². The first-order valence-electron chi connectivity index (χ1n) is 7.42. The lowest BCUT2D eigenvalue weighted by Gasteiger charge is -2.32. The van der Waals surface area contributed by atoms with E-state index < -0.39 is 16.4 Å². The molecule has 1 aromatic rings. The van der Waals surface area contributed by atoms with Gasteiger partial charge in [0.2, 0.25) is 5.91 Å². The molecule has 0 aliphatic heterocycles. The van der Waals surface area contributed by atoms with E-state index in [1.807, 2.05) is 13.8 Å². The third kappa shape index (κ3) is 4.77. The summed E-state index contributed by atoms with van der Waals surface area (Å²) in [6.07, 6.45) is 0.0275. The van der Waals surface area contributed by atoms with Crippen molar-refractivity contribution in [2.45, 2.75) is 39.7 Å². The standard InChI is InChI=1S/C16H22N2O5/c1-5-23-15(20)16(4,11(2)3)17-14(19)10-12-6-8-13(9-7-12)18(21)22/h6-9,11H,5,10H2,1-4H3,(H,17,19)/t16-/m0/s1. The van der Waals surface area contributed by atoms with Crippen LogP contribution in [0.5, 0.6) is 0 Å². The Morgan fingerprint density at radius 3 is 2.30 bits per heavy atom. The third-order valence-electron chi connectivity index (χ3n) is 3.77. The van der Waals surface area contributed by atoms with Crippen LogP contribution in [0.3, 0.4) is 0 Å². The number of benzene rings is 1. The number of hydrogen-bond acceptors (Lipinski definition) is 5. The lowest BCUT2D eigenvalue weighted by Crippen LogP contribution is -2.57. The van der Waals surface area contributed by atoms with Crippen LogP contribution in [0, 0.1) is 16.0 Å². The van der Waals surface area contributed by atoms with Gasteiger partial charge in [-0.25, -0.2) is 4.79 Å². The molecule has 1 atom stereocenters. The summed E-state index contributed by atoms with van der Waals surface area (Å²) in [6, 6.07) is 5.73. The summed E-state index contributed by atoms with van der Waals surface area (Å²) in [7, 11) is 0. The van der Waals surface area contributed by atoms with Gasteiger partial charge in [-0.05, 0) is 25.3 Å². The minimum absolute atomic E-state index is 0.0275. The molecule has 1 aromatic carbocycles. The Kier molecular flexibility index (Phi) is 6.24. The fourth-order valence-corrected chi connectivity index (χ4v) is 1.97. The molecular weight excluding hydrogens is 300 g/mol. The zero-order valence-electron chi connectivity index (χ0n) is 13.8. The van der Waals surface area contributed by atoms with Gasteiger partial charge in [-0.3, -0.25) is 14.9 Å². The lowest BCUT2D eigenvalue weighted by molar-refractivity contribution is -0.384. The Morgan fingerprint density at radius 2 is 1.87 bits per heavy atom. The summed E-state index contributed by atoms with van der Waals surface area (Å²) in [5.41, 5.74) is -0.524. The normalized spacial score (nSPS) is 13.3. The number of amides is 1. The molecule has 0 fully saturated rings. The molecule has 0 unspecified atom stereocenters. The quantitative estimate of drug-likeness (QED) is 0.471. The molecule has 0 spiro atoms. The molecule has 0 aromatic heterocycles. The lowest BCUT2D eigenvalue weighted by atomic mass is 9.88. The molecule has 0 bridgehead atoms. The smallest absolute Gasteiger partial charge is 0.331 e. The fourth-order valence-electron chi connectivity index (χ4n) is 1.97. The van der Waals surface area contributed by atoms with Crippen LogP contribution in [0.15, 0.2) is 24.3 Å². The second kappa shape index (κ2) is 7.71. The van der Waals surface area contributed by atoms with Crippen molar-refractivity contribution >= 4 is 17.6 Å². The summed E-state index contributed by atoms with van der Waals surface area (Å²) >= 11 is 0.